The van der Waals surface area contributed by atoms with Crippen molar-refractivity contribution in [3.63, 3.8) is 0 Å². The van der Waals surface area contributed by atoms with Crippen LogP contribution in [0.15, 0.2) is 45.3 Å². The van der Waals surface area contributed by atoms with Crippen LogP contribution in [0.2, 0.25) is 0 Å². The highest BCUT2D eigenvalue weighted by Gasteiger charge is 2.25. The number of nitrogens with one attached hydrogen (secondary N) is 1. The van der Waals surface area contributed by atoms with Gasteiger partial charge in [-0.3, -0.25) is 14.9 Å². The van der Waals surface area contributed by atoms with E-state index in [0.717, 1.165) is 17.8 Å². The molecule has 8 nitrogen and oxygen atoms in total. The monoisotopic (exact) mass is 293 g/mol. The molecule has 1 aromatic carbocycles. The van der Waals surface area contributed by atoms with Crippen molar-refractivity contribution < 1.29 is 14.8 Å². The van der Waals surface area contributed by atoms with Gasteiger partial charge in [-0.2, -0.15) is 0 Å². The number of H-pyrrole nitrogens is 1. The predicted molar refractivity (Wildman–Crippen MR) is 69.0 cm³/mol. The van der Waals surface area contributed by atoms with Crippen molar-refractivity contribution in [2.45, 2.75) is 10.1 Å². The molecule has 0 bridgehead atoms. The molecule has 0 saturated heterocycles. The molecule has 0 aliphatic heterocycles. The summed E-state index contributed by atoms with van der Waals surface area (Å²) in [5.74, 6) is -1.39. The van der Waals surface area contributed by atoms with Crippen LogP contribution < -0.4 is 5.56 Å². The lowest BCUT2D eigenvalue weighted by Gasteiger charge is -2.04. The number of carboxylic acids is 1. The summed E-state index contributed by atoms with van der Waals surface area (Å²) in [4.78, 5) is 38.7. The first-order valence-electron chi connectivity index (χ1n) is 5.23. The zero-order chi connectivity index (χ0) is 14.7. The molecule has 0 atom stereocenters. The second-order valence-corrected chi connectivity index (χ2v) is 4.59. The van der Waals surface area contributed by atoms with Gasteiger partial charge in [0.05, 0.1) is 9.82 Å². The SMILES string of the molecule is O=C(O)c1cccc(Sc2nccc(=O)[nH]2)c1[N+](=O)[O-]. The van der Waals surface area contributed by atoms with E-state index in [2.05, 4.69) is 9.97 Å². The molecule has 0 unspecified atom stereocenters. The number of rotatable bonds is 4. The molecule has 0 amide bonds. The third-order valence-electron chi connectivity index (χ3n) is 2.27. The molecular weight excluding hydrogens is 286 g/mol. The quantitative estimate of drug-likeness (QED) is 0.497. The Bertz CT molecular complexity index is 743. The number of carbonyl (C=O) groups is 1. The largest absolute Gasteiger partial charge is 0.477 e. The third-order valence-corrected chi connectivity index (χ3v) is 3.22. The Kier molecular flexibility index (Phi) is 3.80. The average molecular weight is 293 g/mol. The number of nitrogens with zero attached hydrogens (tertiary/aromatic N) is 2. The maximum Gasteiger partial charge on any atom is 0.342 e. The lowest BCUT2D eigenvalue weighted by molar-refractivity contribution is -0.388. The molecule has 0 aliphatic rings. The molecule has 0 radical (unpaired) electrons. The van der Waals surface area contributed by atoms with E-state index in [9.17, 15) is 19.7 Å². The number of nitro groups is 1. The standard InChI is InChI=1S/C11H7N3O5S/c15-8-4-5-12-11(13-8)20-7-3-1-2-6(10(16)17)9(7)14(18)19/h1-5H,(H,16,17)(H,12,13,15). The number of aromatic amines is 1. The van der Waals surface area contributed by atoms with Gasteiger partial charge in [-0.15, -0.1) is 0 Å². The predicted octanol–water partition coefficient (Wildman–Crippen LogP) is 1.53. The highest BCUT2D eigenvalue weighted by molar-refractivity contribution is 7.99. The van der Waals surface area contributed by atoms with Crippen LogP contribution in [0, 0.1) is 10.1 Å². The van der Waals surface area contributed by atoms with Gasteiger partial charge in [0.25, 0.3) is 11.2 Å². The number of hydrogen-bond acceptors (Lipinski definition) is 6. The van der Waals surface area contributed by atoms with E-state index in [-0.39, 0.29) is 10.1 Å². The molecule has 0 aliphatic carbocycles. The van der Waals surface area contributed by atoms with Crippen molar-refractivity contribution in [3.8, 4) is 0 Å². The van der Waals surface area contributed by atoms with Crippen LogP contribution >= 0.6 is 11.8 Å². The fraction of sp³-hybridized carbons (Fsp3) is 0. The van der Waals surface area contributed by atoms with E-state index in [1.165, 1.54) is 24.4 Å². The Balaban J connectivity index is 2.51. The minimum Gasteiger partial charge on any atom is -0.477 e. The molecule has 9 heteroatoms. The highest BCUT2D eigenvalue weighted by Crippen LogP contribution is 2.34. The summed E-state index contributed by atoms with van der Waals surface area (Å²) in [5, 5.41) is 20.1. The van der Waals surface area contributed by atoms with Crippen molar-refractivity contribution in [2.24, 2.45) is 0 Å². The van der Waals surface area contributed by atoms with E-state index in [1.54, 1.807) is 0 Å². The molecule has 102 valence electrons. The van der Waals surface area contributed by atoms with E-state index in [1.807, 2.05) is 0 Å². The second-order valence-electron chi connectivity index (χ2n) is 3.56. The molecule has 0 spiro atoms. The Morgan fingerprint density at radius 2 is 2.15 bits per heavy atom. The van der Waals surface area contributed by atoms with Gasteiger partial charge in [0, 0.05) is 12.3 Å². The third kappa shape index (κ3) is 2.83. The van der Waals surface area contributed by atoms with Crippen molar-refractivity contribution in [3.05, 3.63) is 56.5 Å². The van der Waals surface area contributed by atoms with Gasteiger partial charge in [-0.1, -0.05) is 6.07 Å². The zero-order valence-corrected chi connectivity index (χ0v) is 10.6. The molecule has 2 N–H and O–H groups in total. The highest BCUT2D eigenvalue weighted by atomic mass is 32.2. The van der Waals surface area contributed by atoms with E-state index in [0.29, 0.717) is 0 Å². The first-order chi connectivity index (χ1) is 9.49. The first-order valence-corrected chi connectivity index (χ1v) is 6.04. The normalized spacial score (nSPS) is 10.2. The van der Waals surface area contributed by atoms with Gasteiger partial charge >= 0.3 is 5.97 Å². The van der Waals surface area contributed by atoms with Crippen LogP contribution in [-0.2, 0) is 0 Å². The molecule has 2 aromatic rings. The lowest BCUT2D eigenvalue weighted by Crippen LogP contribution is -2.06. The molecule has 1 aromatic heterocycles. The van der Waals surface area contributed by atoms with E-state index >= 15 is 0 Å². The van der Waals surface area contributed by atoms with Gasteiger partial charge < -0.3 is 10.1 Å². The van der Waals surface area contributed by atoms with Gasteiger partial charge in [0.15, 0.2) is 5.16 Å². The molecule has 20 heavy (non-hydrogen) atoms. The topological polar surface area (TPSA) is 126 Å². The summed E-state index contributed by atoms with van der Waals surface area (Å²) in [6.07, 6.45) is 1.26. The van der Waals surface area contributed by atoms with Gasteiger partial charge in [0.2, 0.25) is 0 Å². The van der Waals surface area contributed by atoms with Gasteiger partial charge in [-0.05, 0) is 23.9 Å². The number of aromatic nitrogens is 2. The van der Waals surface area contributed by atoms with E-state index in [4.69, 9.17) is 5.11 Å². The number of benzene rings is 1. The Morgan fingerprint density at radius 3 is 2.75 bits per heavy atom. The Labute approximate surface area is 115 Å². The Morgan fingerprint density at radius 1 is 1.40 bits per heavy atom. The summed E-state index contributed by atoms with van der Waals surface area (Å²) >= 11 is 0.817. The number of carboxylic acid groups (broad SMARTS) is 1. The first kappa shape index (κ1) is 13.7. The summed E-state index contributed by atoms with van der Waals surface area (Å²) < 4.78 is 0. The maximum atomic E-state index is 11.1. The summed E-state index contributed by atoms with van der Waals surface area (Å²) in [7, 11) is 0. The van der Waals surface area contributed by atoms with Crippen LogP contribution in [0.4, 0.5) is 5.69 Å². The van der Waals surface area contributed by atoms with Crippen LogP contribution in [0.5, 0.6) is 0 Å². The summed E-state index contributed by atoms with van der Waals surface area (Å²) in [6.45, 7) is 0. The number of aromatic carboxylic acids is 1. The number of para-hydroxylation sites is 1. The summed E-state index contributed by atoms with van der Waals surface area (Å²) in [5.41, 5.74) is -1.35. The minimum atomic E-state index is -1.39. The van der Waals surface area contributed by atoms with Gasteiger partial charge in [0.1, 0.15) is 5.56 Å². The molecule has 1 heterocycles. The fourth-order valence-corrected chi connectivity index (χ4v) is 2.37. The minimum absolute atomic E-state index is 0.0873. The van der Waals surface area contributed by atoms with Crippen LogP contribution in [0.3, 0.4) is 0 Å². The smallest absolute Gasteiger partial charge is 0.342 e. The maximum absolute atomic E-state index is 11.1. The van der Waals surface area contributed by atoms with E-state index < -0.39 is 27.7 Å². The van der Waals surface area contributed by atoms with Crippen LogP contribution in [-0.4, -0.2) is 26.0 Å². The van der Waals surface area contributed by atoms with Crippen LogP contribution in [0.25, 0.3) is 0 Å². The second kappa shape index (κ2) is 5.53. The van der Waals surface area contributed by atoms with Crippen molar-refractivity contribution in [1.82, 2.24) is 9.97 Å². The molecule has 2 rings (SSSR count). The van der Waals surface area contributed by atoms with Crippen molar-refractivity contribution >= 4 is 23.4 Å². The van der Waals surface area contributed by atoms with Crippen molar-refractivity contribution in [2.75, 3.05) is 0 Å². The molecule has 0 fully saturated rings. The van der Waals surface area contributed by atoms with Crippen molar-refractivity contribution in [1.29, 1.82) is 0 Å². The number of hydrogen-bond donors (Lipinski definition) is 2. The number of nitro benzene ring substituents is 1. The lowest BCUT2D eigenvalue weighted by atomic mass is 10.2. The molecular formula is C11H7N3O5S. The van der Waals surface area contributed by atoms with Crippen LogP contribution in [0.1, 0.15) is 10.4 Å². The average Bonchev–Trinajstić information content (AvgIpc) is 2.38. The summed E-state index contributed by atoms with van der Waals surface area (Å²) in [6, 6.07) is 5.12. The van der Waals surface area contributed by atoms with Gasteiger partial charge in [-0.25, -0.2) is 9.78 Å². The molecule has 0 saturated carbocycles. The zero-order valence-electron chi connectivity index (χ0n) is 9.77. The fourth-order valence-electron chi connectivity index (χ4n) is 1.47. The Hall–Kier alpha value is -2.68.